The molecular weight excluding hydrogens is 296 g/mol. The third-order valence-electron chi connectivity index (χ3n) is 4.01. The minimum Gasteiger partial charge on any atom is -0.390 e. The molecule has 0 aliphatic carbocycles. The second-order valence-electron chi connectivity index (χ2n) is 5.55. The summed E-state index contributed by atoms with van der Waals surface area (Å²) < 4.78 is 40.7. The van der Waals surface area contributed by atoms with Gasteiger partial charge >= 0.3 is 0 Å². The lowest BCUT2D eigenvalue weighted by atomic mass is 9.93. The van der Waals surface area contributed by atoms with E-state index in [0.717, 1.165) is 5.56 Å². The third-order valence-corrected chi connectivity index (χ3v) is 5.34. The van der Waals surface area contributed by atoms with Gasteiger partial charge in [-0.05, 0) is 19.1 Å². The van der Waals surface area contributed by atoms with Crippen molar-refractivity contribution in [2.45, 2.75) is 43.3 Å². The molecule has 1 aromatic rings. The van der Waals surface area contributed by atoms with Crippen molar-refractivity contribution in [3.05, 3.63) is 29.8 Å². The molecule has 6 nitrogen and oxygen atoms in total. The molecule has 2 saturated heterocycles. The van der Waals surface area contributed by atoms with E-state index in [-0.39, 0.29) is 16.9 Å². The Balaban J connectivity index is 1.83. The van der Waals surface area contributed by atoms with Crippen LogP contribution in [0.15, 0.2) is 29.2 Å². The van der Waals surface area contributed by atoms with Crippen LogP contribution in [0.5, 0.6) is 0 Å². The van der Waals surface area contributed by atoms with Crippen LogP contribution in [0.1, 0.15) is 12.5 Å². The number of fused-ring (bicyclic) bond motifs is 2. The van der Waals surface area contributed by atoms with E-state index in [1.807, 2.05) is 6.92 Å². The number of aliphatic hydroxyl groups is 1. The summed E-state index contributed by atoms with van der Waals surface area (Å²) in [6.07, 6.45) is -3.06. The van der Waals surface area contributed by atoms with Crippen LogP contribution in [0.4, 0.5) is 0 Å². The lowest BCUT2D eigenvalue weighted by Gasteiger charge is -2.35. The van der Waals surface area contributed by atoms with Crippen LogP contribution in [-0.2, 0) is 23.8 Å². The summed E-state index contributed by atoms with van der Waals surface area (Å²) in [4.78, 5) is 0.0491. The zero-order valence-electron chi connectivity index (χ0n) is 11.8. The van der Waals surface area contributed by atoms with Crippen LogP contribution in [-0.4, -0.2) is 44.7 Å². The van der Waals surface area contributed by atoms with Crippen molar-refractivity contribution < 1.29 is 27.2 Å². The fourth-order valence-corrected chi connectivity index (χ4v) is 3.66. The summed E-state index contributed by atoms with van der Waals surface area (Å²) >= 11 is 0. The SMILES string of the molecule is Cc1ccc(S(=O)(=O)O[C@@H]2[C@@H]3OC[C@@H](O3)[C@H](C)[C@H]2O)cc1. The van der Waals surface area contributed by atoms with Gasteiger partial charge < -0.3 is 14.6 Å². The third kappa shape index (κ3) is 2.72. The number of hydrogen-bond acceptors (Lipinski definition) is 6. The highest BCUT2D eigenvalue weighted by atomic mass is 32.2. The molecule has 0 aromatic heterocycles. The smallest absolute Gasteiger partial charge is 0.297 e. The Morgan fingerprint density at radius 3 is 2.62 bits per heavy atom. The van der Waals surface area contributed by atoms with Crippen LogP contribution in [0.2, 0.25) is 0 Å². The molecule has 0 saturated carbocycles. The maximum atomic E-state index is 12.3. The monoisotopic (exact) mass is 314 g/mol. The van der Waals surface area contributed by atoms with Gasteiger partial charge in [0.25, 0.3) is 10.1 Å². The van der Waals surface area contributed by atoms with Gasteiger partial charge in [0.1, 0.15) is 0 Å². The molecule has 1 N–H and O–H groups in total. The van der Waals surface area contributed by atoms with Crippen LogP contribution >= 0.6 is 0 Å². The summed E-state index contributed by atoms with van der Waals surface area (Å²) in [5.41, 5.74) is 0.950. The topological polar surface area (TPSA) is 82.1 Å². The number of benzene rings is 1. The van der Waals surface area contributed by atoms with Gasteiger partial charge in [0.2, 0.25) is 0 Å². The fraction of sp³-hybridized carbons (Fsp3) is 0.571. The van der Waals surface area contributed by atoms with E-state index in [4.69, 9.17) is 13.7 Å². The molecule has 2 fully saturated rings. The van der Waals surface area contributed by atoms with Crippen LogP contribution < -0.4 is 0 Å². The van der Waals surface area contributed by atoms with Crippen LogP contribution in [0, 0.1) is 12.8 Å². The quantitative estimate of drug-likeness (QED) is 0.832. The first-order valence-corrected chi connectivity index (χ1v) is 8.24. The van der Waals surface area contributed by atoms with E-state index < -0.39 is 28.6 Å². The molecule has 3 rings (SSSR count). The second-order valence-corrected chi connectivity index (χ2v) is 7.13. The molecular formula is C14H18O6S. The molecule has 0 amide bonds. The Bertz CT molecular complexity index is 611. The fourth-order valence-electron chi connectivity index (χ4n) is 2.58. The zero-order valence-corrected chi connectivity index (χ0v) is 12.6. The highest BCUT2D eigenvalue weighted by Gasteiger charge is 2.50. The molecule has 0 spiro atoms. The number of hydrogen-bond donors (Lipinski definition) is 1. The lowest BCUT2D eigenvalue weighted by Crippen LogP contribution is -2.51. The minimum absolute atomic E-state index is 0.0491. The molecule has 7 heteroatoms. The molecule has 2 aliphatic rings. The number of rotatable bonds is 3. The summed E-state index contributed by atoms with van der Waals surface area (Å²) in [5, 5.41) is 10.2. The van der Waals surface area contributed by atoms with E-state index in [9.17, 15) is 13.5 Å². The van der Waals surface area contributed by atoms with E-state index in [1.54, 1.807) is 19.1 Å². The summed E-state index contributed by atoms with van der Waals surface area (Å²) in [7, 11) is -3.98. The number of ether oxygens (including phenoxy) is 2. The predicted molar refractivity (Wildman–Crippen MR) is 73.0 cm³/mol. The van der Waals surface area contributed by atoms with Gasteiger partial charge in [-0.25, -0.2) is 0 Å². The average molecular weight is 314 g/mol. The number of aliphatic hydroxyl groups excluding tert-OH is 1. The first kappa shape index (κ1) is 14.9. The van der Waals surface area contributed by atoms with Gasteiger partial charge in [-0.15, -0.1) is 0 Å². The standard InChI is InChI=1S/C14H18O6S/c1-8-3-5-10(6-4-8)21(16,17)20-13-12(15)9(2)11-7-18-14(13)19-11/h3-6,9,11-15H,7H2,1-2H3/t9-,11+,12+,13-,14+/m0/s1. The van der Waals surface area contributed by atoms with E-state index in [2.05, 4.69) is 0 Å². The van der Waals surface area contributed by atoms with E-state index in [1.165, 1.54) is 12.1 Å². The van der Waals surface area contributed by atoms with E-state index >= 15 is 0 Å². The number of aryl methyl sites for hydroxylation is 1. The largest absolute Gasteiger partial charge is 0.390 e. The normalized spacial score (nSPS) is 35.9. The molecule has 2 heterocycles. The van der Waals surface area contributed by atoms with Gasteiger partial charge in [0, 0.05) is 5.92 Å². The second kappa shape index (κ2) is 5.33. The summed E-state index contributed by atoms with van der Waals surface area (Å²) in [6, 6.07) is 6.33. The van der Waals surface area contributed by atoms with Crippen LogP contribution in [0.3, 0.4) is 0 Å². The molecule has 2 bridgehead atoms. The molecule has 1 aromatic carbocycles. The molecule has 116 valence electrons. The van der Waals surface area contributed by atoms with Gasteiger partial charge in [0.15, 0.2) is 12.4 Å². The van der Waals surface area contributed by atoms with E-state index in [0.29, 0.717) is 6.61 Å². The van der Waals surface area contributed by atoms with Gasteiger partial charge in [-0.2, -0.15) is 8.42 Å². The lowest BCUT2D eigenvalue weighted by molar-refractivity contribution is -0.200. The predicted octanol–water partition coefficient (Wildman–Crippen LogP) is 0.821. The maximum absolute atomic E-state index is 12.3. The molecule has 5 atom stereocenters. The first-order chi connectivity index (χ1) is 9.88. The van der Waals surface area contributed by atoms with Crippen molar-refractivity contribution in [3.8, 4) is 0 Å². The molecule has 0 radical (unpaired) electrons. The average Bonchev–Trinajstić information content (AvgIpc) is 2.89. The van der Waals surface area contributed by atoms with Crippen molar-refractivity contribution >= 4 is 10.1 Å². The molecule has 0 unspecified atom stereocenters. The highest BCUT2D eigenvalue weighted by Crippen LogP contribution is 2.35. The van der Waals surface area contributed by atoms with Crippen molar-refractivity contribution in [2.24, 2.45) is 5.92 Å². The Kier molecular flexibility index (Phi) is 3.79. The zero-order chi connectivity index (χ0) is 15.2. The summed E-state index contributed by atoms with van der Waals surface area (Å²) in [6.45, 7) is 3.99. The van der Waals surface area contributed by atoms with Gasteiger partial charge in [-0.1, -0.05) is 24.6 Å². The van der Waals surface area contributed by atoms with Crippen molar-refractivity contribution in [1.82, 2.24) is 0 Å². The van der Waals surface area contributed by atoms with Crippen molar-refractivity contribution in [1.29, 1.82) is 0 Å². The summed E-state index contributed by atoms with van der Waals surface area (Å²) in [5.74, 6) is -0.248. The van der Waals surface area contributed by atoms with Crippen molar-refractivity contribution in [2.75, 3.05) is 6.61 Å². The molecule has 21 heavy (non-hydrogen) atoms. The Hall–Kier alpha value is -0.990. The maximum Gasteiger partial charge on any atom is 0.297 e. The Labute approximate surface area is 123 Å². The first-order valence-electron chi connectivity index (χ1n) is 6.83. The van der Waals surface area contributed by atoms with Gasteiger partial charge in [-0.3, -0.25) is 4.18 Å². The van der Waals surface area contributed by atoms with Crippen LogP contribution in [0.25, 0.3) is 0 Å². The Morgan fingerprint density at radius 2 is 1.95 bits per heavy atom. The minimum atomic E-state index is -3.98. The molecule has 2 aliphatic heterocycles. The van der Waals surface area contributed by atoms with Crippen molar-refractivity contribution in [3.63, 3.8) is 0 Å². The van der Waals surface area contributed by atoms with Gasteiger partial charge in [0.05, 0.1) is 23.7 Å². The Morgan fingerprint density at radius 1 is 1.29 bits per heavy atom. The highest BCUT2D eigenvalue weighted by molar-refractivity contribution is 7.86.